The number of carbonyl (C=O) groups is 2. The van der Waals surface area contributed by atoms with E-state index < -0.39 is 5.60 Å². The van der Waals surface area contributed by atoms with E-state index in [2.05, 4.69) is 5.32 Å². The van der Waals surface area contributed by atoms with Gasteiger partial charge in [-0.2, -0.15) is 0 Å². The summed E-state index contributed by atoms with van der Waals surface area (Å²) in [5.74, 6) is -0.346. The van der Waals surface area contributed by atoms with Crippen molar-refractivity contribution in [3.05, 3.63) is 21.9 Å². The van der Waals surface area contributed by atoms with E-state index in [9.17, 15) is 9.59 Å². The van der Waals surface area contributed by atoms with Crippen LogP contribution in [0.4, 0.5) is 4.79 Å². The van der Waals surface area contributed by atoms with E-state index in [1.54, 1.807) is 4.90 Å². The number of esters is 1. The van der Waals surface area contributed by atoms with Crippen LogP contribution in [0.3, 0.4) is 0 Å². The third-order valence-corrected chi connectivity index (χ3v) is 4.18. The number of methoxy groups -OCH3 is 1. The number of nitrogens with one attached hydrogen (secondary N) is 1. The summed E-state index contributed by atoms with van der Waals surface area (Å²) in [7, 11) is 1.37. The van der Waals surface area contributed by atoms with Crippen LogP contribution in [0, 0.1) is 0 Å². The van der Waals surface area contributed by atoms with Crippen molar-refractivity contribution in [3.63, 3.8) is 0 Å². The summed E-state index contributed by atoms with van der Waals surface area (Å²) in [6.45, 7) is 7.25. The number of piperazine rings is 1. The molecule has 1 unspecified atom stereocenters. The molecule has 1 aliphatic rings. The van der Waals surface area contributed by atoms with Crippen LogP contribution in [0.25, 0.3) is 0 Å². The lowest BCUT2D eigenvalue weighted by molar-refractivity contribution is 0.0195. The fraction of sp³-hybridized carbons (Fsp3) is 0.600. The van der Waals surface area contributed by atoms with E-state index >= 15 is 0 Å². The maximum atomic E-state index is 12.2. The van der Waals surface area contributed by atoms with Crippen molar-refractivity contribution in [2.24, 2.45) is 0 Å². The summed E-state index contributed by atoms with van der Waals surface area (Å²) < 4.78 is 10.2. The van der Waals surface area contributed by atoms with E-state index in [1.165, 1.54) is 18.4 Å². The Kier molecular flexibility index (Phi) is 5.08. The Labute approximate surface area is 134 Å². The highest BCUT2D eigenvalue weighted by Crippen LogP contribution is 2.27. The molecule has 6 nitrogen and oxygen atoms in total. The van der Waals surface area contributed by atoms with Gasteiger partial charge in [-0.15, -0.1) is 11.3 Å². The molecule has 1 aromatic heterocycles. The quantitative estimate of drug-likeness (QED) is 0.845. The maximum Gasteiger partial charge on any atom is 0.410 e. The van der Waals surface area contributed by atoms with Gasteiger partial charge in [0.15, 0.2) is 0 Å². The first-order chi connectivity index (χ1) is 10.3. The molecule has 0 radical (unpaired) electrons. The second-order valence-corrected chi connectivity index (χ2v) is 7.05. The minimum Gasteiger partial charge on any atom is -0.465 e. The number of amides is 1. The van der Waals surface area contributed by atoms with Crippen molar-refractivity contribution in [1.29, 1.82) is 0 Å². The second kappa shape index (κ2) is 6.66. The fourth-order valence-electron chi connectivity index (χ4n) is 2.30. The van der Waals surface area contributed by atoms with E-state index in [4.69, 9.17) is 9.47 Å². The van der Waals surface area contributed by atoms with Crippen molar-refractivity contribution in [1.82, 2.24) is 10.2 Å². The van der Waals surface area contributed by atoms with E-state index in [-0.39, 0.29) is 18.1 Å². The van der Waals surface area contributed by atoms with Gasteiger partial charge in [0.05, 0.1) is 13.2 Å². The highest BCUT2D eigenvalue weighted by atomic mass is 32.1. The van der Waals surface area contributed by atoms with Crippen molar-refractivity contribution < 1.29 is 19.1 Å². The molecule has 1 aliphatic heterocycles. The molecule has 0 aromatic carbocycles. The van der Waals surface area contributed by atoms with Gasteiger partial charge in [-0.25, -0.2) is 9.59 Å². The van der Waals surface area contributed by atoms with E-state index in [0.717, 1.165) is 5.56 Å². The van der Waals surface area contributed by atoms with Crippen LogP contribution in [-0.4, -0.2) is 49.3 Å². The molecule has 0 spiro atoms. The average molecular weight is 326 g/mol. The summed E-state index contributed by atoms with van der Waals surface area (Å²) >= 11 is 1.35. The van der Waals surface area contributed by atoms with Crippen LogP contribution in [0.5, 0.6) is 0 Å². The number of ether oxygens (including phenoxy) is 2. The Morgan fingerprint density at radius 2 is 2.14 bits per heavy atom. The smallest absolute Gasteiger partial charge is 0.410 e. The van der Waals surface area contributed by atoms with Gasteiger partial charge in [-0.05, 0) is 37.8 Å². The number of hydrogen-bond acceptors (Lipinski definition) is 6. The molecule has 0 aliphatic carbocycles. The number of carbonyl (C=O) groups excluding carboxylic acids is 2. The molecule has 0 saturated carbocycles. The normalized spacial score (nSPS) is 18.9. The van der Waals surface area contributed by atoms with Crippen LogP contribution in [0.1, 0.15) is 42.0 Å². The van der Waals surface area contributed by atoms with Crippen LogP contribution < -0.4 is 5.32 Å². The van der Waals surface area contributed by atoms with Crippen LogP contribution >= 0.6 is 11.3 Å². The first kappa shape index (κ1) is 16.8. The minimum absolute atomic E-state index is 0.0957. The first-order valence-corrected chi connectivity index (χ1v) is 8.07. The SMILES string of the molecule is COC(=O)c1sccc1C1CN(C(=O)OC(C)(C)C)CCN1. The highest BCUT2D eigenvalue weighted by Gasteiger charge is 2.30. The summed E-state index contributed by atoms with van der Waals surface area (Å²) in [6, 6.07) is 1.80. The molecule has 1 fully saturated rings. The molecule has 2 heterocycles. The van der Waals surface area contributed by atoms with Gasteiger partial charge in [0.1, 0.15) is 10.5 Å². The lowest BCUT2D eigenvalue weighted by atomic mass is 10.1. The molecular weight excluding hydrogens is 304 g/mol. The predicted octanol–water partition coefficient (Wildman–Crippen LogP) is 2.42. The van der Waals surface area contributed by atoms with Crippen molar-refractivity contribution in [3.8, 4) is 0 Å². The molecule has 1 aromatic rings. The van der Waals surface area contributed by atoms with Crippen LogP contribution in [-0.2, 0) is 9.47 Å². The summed E-state index contributed by atoms with van der Waals surface area (Å²) in [5.41, 5.74) is 0.349. The summed E-state index contributed by atoms with van der Waals surface area (Å²) in [6.07, 6.45) is -0.325. The second-order valence-electron chi connectivity index (χ2n) is 6.13. The molecule has 0 bridgehead atoms. The van der Waals surface area contributed by atoms with Gasteiger partial charge in [0.25, 0.3) is 0 Å². The zero-order chi connectivity index (χ0) is 16.3. The molecule has 22 heavy (non-hydrogen) atoms. The largest absolute Gasteiger partial charge is 0.465 e. The Morgan fingerprint density at radius 1 is 1.41 bits per heavy atom. The zero-order valence-corrected chi connectivity index (χ0v) is 14.2. The van der Waals surface area contributed by atoms with Crippen molar-refractivity contribution in [2.75, 3.05) is 26.7 Å². The Bertz CT molecular complexity index is 550. The monoisotopic (exact) mass is 326 g/mol. The van der Waals surface area contributed by atoms with Gasteiger partial charge in [-0.3, -0.25) is 0 Å². The lowest BCUT2D eigenvalue weighted by Gasteiger charge is -2.35. The van der Waals surface area contributed by atoms with Gasteiger partial charge in [0, 0.05) is 19.6 Å². The molecule has 2 rings (SSSR count). The van der Waals surface area contributed by atoms with Crippen molar-refractivity contribution >= 4 is 23.4 Å². The molecule has 1 atom stereocenters. The minimum atomic E-state index is -0.517. The van der Waals surface area contributed by atoms with Crippen LogP contribution in [0.2, 0.25) is 0 Å². The first-order valence-electron chi connectivity index (χ1n) is 7.19. The molecule has 7 heteroatoms. The molecular formula is C15H22N2O4S. The van der Waals surface area contributed by atoms with Gasteiger partial charge < -0.3 is 19.7 Å². The van der Waals surface area contributed by atoms with Gasteiger partial charge in [0.2, 0.25) is 0 Å². The summed E-state index contributed by atoms with van der Waals surface area (Å²) in [4.78, 5) is 26.2. The summed E-state index contributed by atoms with van der Waals surface area (Å²) in [5, 5.41) is 5.19. The predicted molar refractivity (Wildman–Crippen MR) is 84.2 cm³/mol. The molecule has 1 saturated heterocycles. The fourth-order valence-corrected chi connectivity index (χ4v) is 3.18. The number of nitrogens with zero attached hydrogens (tertiary/aromatic N) is 1. The maximum absolute atomic E-state index is 12.2. The van der Waals surface area contributed by atoms with Gasteiger partial charge in [-0.1, -0.05) is 0 Å². The molecule has 122 valence electrons. The molecule has 1 N–H and O–H groups in total. The number of thiophene rings is 1. The van der Waals surface area contributed by atoms with Crippen molar-refractivity contribution in [2.45, 2.75) is 32.4 Å². The standard InChI is InChI=1S/C15H22N2O4S/c1-15(2,3)21-14(19)17-7-6-16-11(9-17)10-5-8-22-12(10)13(18)20-4/h5,8,11,16H,6-7,9H2,1-4H3. The van der Waals surface area contributed by atoms with E-state index in [0.29, 0.717) is 24.5 Å². The number of rotatable bonds is 2. The Balaban J connectivity index is 2.10. The third kappa shape index (κ3) is 3.98. The lowest BCUT2D eigenvalue weighted by Crippen LogP contribution is -2.49. The number of hydrogen-bond donors (Lipinski definition) is 1. The van der Waals surface area contributed by atoms with Gasteiger partial charge >= 0.3 is 12.1 Å². The highest BCUT2D eigenvalue weighted by molar-refractivity contribution is 7.12. The topological polar surface area (TPSA) is 67.9 Å². The third-order valence-electron chi connectivity index (χ3n) is 3.27. The molecule has 1 amide bonds. The van der Waals surface area contributed by atoms with E-state index in [1.807, 2.05) is 32.2 Å². The zero-order valence-electron chi connectivity index (χ0n) is 13.3. The Hall–Kier alpha value is -1.60. The van der Waals surface area contributed by atoms with Crippen LogP contribution in [0.15, 0.2) is 11.4 Å². The Morgan fingerprint density at radius 3 is 2.77 bits per heavy atom. The average Bonchev–Trinajstić information content (AvgIpc) is 2.94.